The second-order valence-electron chi connectivity index (χ2n) is 7.45. The predicted octanol–water partition coefficient (Wildman–Crippen LogP) is 2.47. The smallest absolute Gasteiger partial charge is 0.406 e. The highest BCUT2D eigenvalue weighted by atomic mass is 16.6. The topological polar surface area (TPSA) is 103 Å². The molecule has 1 radical (unpaired) electrons. The van der Waals surface area contributed by atoms with Crippen LogP contribution in [0.2, 0.25) is 0 Å². The van der Waals surface area contributed by atoms with Gasteiger partial charge in [0.1, 0.15) is 0 Å². The lowest BCUT2D eigenvalue weighted by molar-refractivity contribution is -0.385. The van der Waals surface area contributed by atoms with E-state index in [0.29, 0.717) is 13.2 Å². The fraction of sp³-hybridized carbons (Fsp3) is 0.588. The third-order valence-corrected chi connectivity index (χ3v) is 5.21. The summed E-state index contributed by atoms with van der Waals surface area (Å²) in [5.41, 5.74) is 1.50. The van der Waals surface area contributed by atoms with Crippen molar-refractivity contribution in [2.24, 2.45) is 11.3 Å². The number of ether oxygens (including phenoxy) is 1. The van der Waals surface area contributed by atoms with Crippen molar-refractivity contribution in [3.63, 3.8) is 0 Å². The largest absolute Gasteiger partial charge is 0.433 e. The van der Waals surface area contributed by atoms with Gasteiger partial charge in [-0.3, -0.25) is 14.9 Å². The minimum absolute atomic E-state index is 0.0619. The van der Waals surface area contributed by atoms with Crippen LogP contribution in [0.4, 0.5) is 16.2 Å². The van der Waals surface area contributed by atoms with Crippen LogP contribution < -0.4 is 10.6 Å². The number of anilines is 1. The van der Waals surface area contributed by atoms with Gasteiger partial charge in [-0.1, -0.05) is 13.8 Å². The van der Waals surface area contributed by atoms with E-state index in [4.69, 9.17) is 9.39 Å². The van der Waals surface area contributed by atoms with Gasteiger partial charge in [-0.2, -0.15) is 0 Å². The summed E-state index contributed by atoms with van der Waals surface area (Å²) < 4.78 is 10.7. The molecule has 2 aliphatic heterocycles. The standard InChI is InChI=1S/C17H23BN3O5/c1-17(2,9-19-16(22)18-25-3)15-11-6-7-26-14(11)12-8-10(21(23)24)4-5-13(12)20-15/h4-5,8,11,14-15,20H,6-7,9H2,1-3H3,(H,19,22)/t11-,14?,15+/m1/s1. The summed E-state index contributed by atoms with van der Waals surface area (Å²) in [6, 6.07) is 4.91. The molecule has 1 unspecified atom stereocenters. The number of benzene rings is 1. The lowest BCUT2D eigenvalue weighted by atomic mass is 9.71. The van der Waals surface area contributed by atoms with Crippen LogP contribution in [0.15, 0.2) is 18.2 Å². The van der Waals surface area contributed by atoms with Gasteiger partial charge in [0.15, 0.2) is 0 Å². The van der Waals surface area contributed by atoms with Crippen molar-refractivity contribution in [1.82, 2.24) is 5.32 Å². The quantitative estimate of drug-likeness (QED) is 0.459. The maximum atomic E-state index is 11.7. The highest BCUT2D eigenvalue weighted by Gasteiger charge is 2.47. The minimum Gasteiger partial charge on any atom is -0.433 e. The molecular formula is C17H23BN3O5. The summed E-state index contributed by atoms with van der Waals surface area (Å²) >= 11 is 0. The van der Waals surface area contributed by atoms with E-state index in [1.807, 2.05) is 0 Å². The van der Waals surface area contributed by atoms with Gasteiger partial charge in [0.25, 0.3) is 5.69 Å². The van der Waals surface area contributed by atoms with Crippen molar-refractivity contribution in [1.29, 1.82) is 0 Å². The van der Waals surface area contributed by atoms with Crippen molar-refractivity contribution in [3.8, 4) is 0 Å². The van der Waals surface area contributed by atoms with Crippen molar-refractivity contribution >= 4 is 24.7 Å². The first-order chi connectivity index (χ1) is 12.3. The second kappa shape index (κ2) is 7.24. The normalized spacial score (nSPS) is 24.2. The number of amides is 1. The molecule has 9 heteroatoms. The van der Waals surface area contributed by atoms with E-state index in [0.717, 1.165) is 25.2 Å². The maximum absolute atomic E-state index is 11.7. The zero-order valence-electron chi connectivity index (χ0n) is 15.2. The molecule has 8 nitrogen and oxygen atoms in total. The zero-order valence-corrected chi connectivity index (χ0v) is 15.2. The van der Waals surface area contributed by atoms with Crippen LogP contribution in [0.25, 0.3) is 0 Å². The minimum atomic E-state index is -0.387. The molecule has 26 heavy (non-hydrogen) atoms. The number of nitrogens with zero attached hydrogens (tertiary/aromatic N) is 1. The first-order valence-corrected chi connectivity index (χ1v) is 8.64. The monoisotopic (exact) mass is 360 g/mol. The maximum Gasteiger partial charge on any atom is 0.406 e. The van der Waals surface area contributed by atoms with Crippen LogP contribution >= 0.6 is 0 Å². The van der Waals surface area contributed by atoms with Gasteiger partial charge in [0.2, 0.25) is 5.81 Å². The number of hydrogen-bond donors (Lipinski definition) is 2. The van der Waals surface area contributed by atoms with Crippen LogP contribution in [0, 0.1) is 21.4 Å². The summed E-state index contributed by atoms with van der Waals surface area (Å²) in [7, 11) is 2.57. The number of nitro benzene ring substituents is 1. The Morgan fingerprint density at radius 3 is 3.00 bits per heavy atom. The van der Waals surface area contributed by atoms with Crippen LogP contribution in [-0.4, -0.2) is 44.5 Å². The van der Waals surface area contributed by atoms with Crippen molar-refractivity contribution < 1.29 is 19.1 Å². The first-order valence-electron chi connectivity index (χ1n) is 8.64. The Labute approximate surface area is 153 Å². The molecule has 3 atom stereocenters. The van der Waals surface area contributed by atoms with Gasteiger partial charge in [-0.05, 0) is 12.5 Å². The zero-order chi connectivity index (χ0) is 18.9. The number of nitrogens with one attached hydrogen (secondary N) is 2. The van der Waals surface area contributed by atoms with Gasteiger partial charge in [0, 0.05) is 61.0 Å². The van der Waals surface area contributed by atoms with E-state index in [1.54, 1.807) is 12.1 Å². The predicted molar refractivity (Wildman–Crippen MR) is 97.2 cm³/mol. The van der Waals surface area contributed by atoms with Gasteiger partial charge in [0.05, 0.1) is 11.0 Å². The summed E-state index contributed by atoms with van der Waals surface area (Å²) in [6.07, 6.45) is 0.697. The van der Waals surface area contributed by atoms with E-state index in [-0.39, 0.29) is 39.9 Å². The van der Waals surface area contributed by atoms with E-state index in [2.05, 4.69) is 24.5 Å². The fourth-order valence-electron chi connectivity index (χ4n) is 3.92. The van der Waals surface area contributed by atoms with Crippen LogP contribution in [0.5, 0.6) is 0 Å². The molecule has 0 saturated carbocycles. The SMILES string of the molecule is CO[B]C(=O)NCC(C)(C)[C@H]1Nc2ccc([N+](=O)[O-])cc2C2OCC[C@H]21. The molecule has 2 N–H and O–H groups in total. The van der Waals surface area contributed by atoms with Crippen LogP contribution in [0.1, 0.15) is 31.9 Å². The molecule has 2 aliphatic rings. The summed E-state index contributed by atoms with van der Waals surface area (Å²) in [5.74, 6) is -0.0885. The third kappa shape index (κ3) is 3.54. The number of carbonyl (C=O) groups excluding carboxylic acids is 1. The average Bonchev–Trinajstić information content (AvgIpc) is 3.09. The highest BCUT2D eigenvalue weighted by Crippen LogP contribution is 2.49. The molecule has 0 spiro atoms. The molecule has 2 heterocycles. The molecule has 3 rings (SSSR count). The van der Waals surface area contributed by atoms with Gasteiger partial charge < -0.3 is 20.0 Å². The van der Waals surface area contributed by atoms with Crippen molar-refractivity contribution in [2.45, 2.75) is 32.4 Å². The molecule has 139 valence electrons. The van der Waals surface area contributed by atoms with E-state index >= 15 is 0 Å². The number of non-ortho nitro benzene ring substituents is 1. The molecule has 0 bridgehead atoms. The lowest BCUT2D eigenvalue weighted by Gasteiger charge is -2.44. The fourth-order valence-corrected chi connectivity index (χ4v) is 3.92. The molecule has 1 fully saturated rings. The highest BCUT2D eigenvalue weighted by molar-refractivity contribution is 6.68. The van der Waals surface area contributed by atoms with Gasteiger partial charge in [-0.15, -0.1) is 0 Å². The first kappa shape index (κ1) is 18.7. The number of fused-ring (bicyclic) bond motifs is 3. The molecule has 0 aromatic heterocycles. The number of hydrogen-bond acceptors (Lipinski definition) is 6. The number of carbonyl (C=O) groups is 1. The number of nitro groups is 1. The van der Waals surface area contributed by atoms with E-state index in [1.165, 1.54) is 13.2 Å². The molecule has 1 aromatic rings. The third-order valence-electron chi connectivity index (χ3n) is 5.21. The molecule has 1 amide bonds. The molecule has 1 aromatic carbocycles. The lowest BCUT2D eigenvalue weighted by Crippen LogP contribution is -2.51. The Morgan fingerprint density at radius 1 is 1.54 bits per heavy atom. The Bertz CT molecular complexity index is 712. The van der Waals surface area contributed by atoms with Crippen molar-refractivity contribution in [2.75, 3.05) is 25.6 Å². The molecule has 1 saturated heterocycles. The van der Waals surface area contributed by atoms with Crippen LogP contribution in [-0.2, 0) is 9.39 Å². The average molecular weight is 360 g/mol. The number of rotatable bonds is 6. The summed E-state index contributed by atoms with van der Waals surface area (Å²) in [6.45, 7) is 5.26. The van der Waals surface area contributed by atoms with Gasteiger partial charge >= 0.3 is 7.48 Å². The van der Waals surface area contributed by atoms with Crippen molar-refractivity contribution in [3.05, 3.63) is 33.9 Å². The Hall–Kier alpha value is -2.13. The van der Waals surface area contributed by atoms with E-state index < -0.39 is 0 Å². The Balaban J connectivity index is 1.83. The van der Waals surface area contributed by atoms with Gasteiger partial charge in [-0.25, -0.2) is 0 Å². The van der Waals surface area contributed by atoms with Crippen LogP contribution in [0.3, 0.4) is 0 Å². The Kier molecular flexibility index (Phi) is 5.20. The summed E-state index contributed by atoms with van der Waals surface area (Å²) in [5, 5.41) is 17.5. The Morgan fingerprint density at radius 2 is 2.31 bits per heavy atom. The molecule has 0 aliphatic carbocycles. The van der Waals surface area contributed by atoms with E-state index in [9.17, 15) is 14.9 Å². The summed E-state index contributed by atoms with van der Waals surface area (Å²) in [4.78, 5) is 22.4. The molecular weight excluding hydrogens is 337 g/mol. The second-order valence-corrected chi connectivity index (χ2v) is 7.45.